The third-order valence-corrected chi connectivity index (χ3v) is 2.85. The number of carboxylic acids is 1. The minimum Gasteiger partial charge on any atom is -0.486 e. The maximum atomic E-state index is 10.4. The van der Waals surface area contributed by atoms with Crippen molar-refractivity contribution in [2.75, 3.05) is 13.2 Å². The van der Waals surface area contributed by atoms with Crippen LogP contribution in [0.2, 0.25) is 5.02 Å². The maximum Gasteiger partial charge on any atom is 0.328 e. The molecule has 1 heterocycles. The highest BCUT2D eigenvalue weighted by Crippen LogP contribution is 2.28. The molecule has 0 saturated carbocycles. The van der Waals surface area contributed by atoms with Gasteiger partial charge in [-0.15, -0.1) is 0 Å². The van der Waals surface area contributed by atoms with E-state index in [1.165, 1.54) is 6.08 Å². The average molecular weight is 269 g/mol. The molecule has 2 rings (SSSR count). The second-order valence-electron chi connectivity index (χ2n) is 3.96. The Bertz CT molecular complexity index is 464. The van der Waals surface area contributed by atoms with Crippen molar-refractivity contribution >= 4 is 23.6 Å². The summed E-state index contributed by atoms with van der Waals surface area (Å²) in [6.45, 7) is 1.29. The van der Waals surface area contributed by atoms with Gasteiger partial charge >= 0.3 is 5.97 Å². The van der Waals surface area contributed by atoms with E-state index in [4.69, 9.17) is 26.2 Å². The van der Waals surface area contributed by atoms with Gasteiger partial charge in [0.15, 0.2) is 0 Å². The quantitative estimate of drug-likeness (QED) is 0.853. The molecule has 18 heavy (non-hydrogen) atoms. The highest BCUT2D eigenvalue weighted by atomic mass is 35.5. The van der Waals surface area contributed by atoms with E-state index in [2.05, 4.69) is 0 Å². The maximum absolute atomic E-state index is 10.4. The number of hydrogen-bond donors (Lipinski definition) is 1. The van der Waals surface area contributed by atoms with Crippen LogP contribution in [0.4, 0.5) is 0 Å². The minimum absolute atomic E-state index is 0.0444. The van der Waals surface area contributed by atoms with Gasteiger partial charge in [-0.3, -0.25) is 0 Å². The molecule has 0 amide bonds. The van der Waals surface area contributed by atoms with Gasteiger partial charge in [-0.05, 0) is 23.8 Å². The number of ether oxygens (including phenoxy) is 2. The molecule has 1 aliphatic heterocycles. The lowest BCUT2D eigenvalue weighted by Gasteiger charge is -2.13. The zero-order valence-corrected chi connectivity index (χ0v) is 10.4. The lowest BCUT2D eigenvalue weighted by Crippen LogP contribution is -2.15. The number of carboxylic acid groups (broad SMARTS) is 1. The monoisotopic (exact) mass is 268 g/mol. The first-order valence-electron chi connectivity index (χ1n) is 5.60. The Hall–Kier alpha value is -1.52. The van der Waals surface area contributed by atoms with E-state index >= 15 is 0 Å². The zero-order chi connectivity index (χ0) is 13.0. The number of hydrogen-bond acceptors (Lipinski definition) is 3. The van der Waals surface area contributed by atoms with Crippen molar-refractivity contribution in [3.05, 3.63) is 34.9 Å². The molecular formula is C13H13ClO4. The van der Waals surface area contributed by atoms with Crippen molar-refractivity contribution in [1.29, 1.82) is 0 Å². The Kier molecular flexibility index (Phi) is 4.23. The summed E-state index contributed by atoms with van der Waals surface area (Å²) in [6.07, 6.45) is 3.45. The van der Waals surface area contributed by atoms with E-state index in [0.717, 1.165) is 18.1 Å². The summed E-state index contributed by atoms with van der Waals surface area (Å²) in [5.74, 6) is -0.394. The lowest BCUT2D eigenvalue weighted by molar-refractivity contribution is -0.131. The van der Waals surface area contributed by atoms with Crippen LogP contribution in [0.5, 0.6) is 5.75 Å². The summed E-state index contributed by atoms with van der Waals surface area (Å²) in [6, 6.07) is 5.17. The molecule has 1 atom stereocenters. The predicted octanol–water partition coefficient (Wildman–Crippen LogP) is 2.61. The summed E-state index contributed by atoms with van der Waals surface area (Å²) in [5.41, 5.74) is 0.720. The van der Waals surface area contributed by atoms with E-state index in [-0.39, 0.29) is 6.10 Å². The summed E-state index contributed by atoms with van der Waals surface area (Å²) >= 11 is 6.08. The zero-order valence-electron chi connectivity index (χ0n) is 9.64. The number of aliphatic carboxylic acids is 1. The normalized spacial score (nSPS) is 19.3. The molecule has 0 bridgehead atoms. The summed E-state index contributed by atoms with van der Waals surface area (Å²) in [5, 5.41) is 9.00. The fraction of sp³-hybridized carbons (Fsp3) is 0.308. The Labute approximate surface area is 110 Å². The van der Waals surface area contributed by atoms with E-state index in [9.17, 15) is 4.79 Å². The van der Waals surface area contributed by atoms with Crippen molar-refractivity contribution in [3.8, 4) is 5.75 Å². The molecule has 1 unspecified atom stereocenters. The number of rotatable bonds is 4. The third-order valence-electron chi connectivity index (χ3n) is 2.56. The molecule has 0 aliphatic carbocycles. The van der Waals surface area contributed by atoms with Gasteiger partial charge in [-0.2, -0.15) is 0 Å². The summed E-state index contributed by atoms with van der Waals surface area (Å²) < 4.78 is 10.9. The molecule has 0 spiro atoms. The van der Waals surface area contributed by atoms with Crippen LogP contribution in [-0.4, -0.2) is 30.4 Å². The van der Waals surface area contributed by atoms with Gasteiger partial charge in [0.05, 0.1) is 18.2 Å². The molecule has 1 aliphatic rings. The van der Waals surface area contributed by atoms with Crippen LogP contribution in [0.1, 0.15) is 12.0 Å². The molecule has 96 valence electrons. The molecule has 4 nitrogen and oxygen atoms in total. The van der Waals surface area contributed by atoms with Crippen molar-refractivity contribution in [3.63, 3.8) is 0 Å². The highest BCUT2D eigenvalue weighted by Gasteiger charge is 2.18. The van der Waals surface area contributed by atoms with Crippen molar-refractivity contribution < 1.29 is 19.4 Å². The first kappa shape index (κ1) is 12.9. The van der Waals surface area contributed by atoms with Gasteiger partial charge in [-0.25, -0.2) is 4.79 Å². The van der Waals surface area contributed by atoms with Crippen LogP contribution in [0, 0.1) is 0 Å². The molecule has 1 aromatic carbocycles. The van der Waals surface area contributed by atoms with Gasteiger partial charge < -0.3 is 14.6 Å². The minimum atomic E-state index is -0.991. The number of halogens is 1. The fourth-order valence-corrected chi connectivity index (χ4v) is 1.90. The van der Waals surface area contributed by atoms with Gasteiger partial charge in [0, 0.05) is 12.5 Å². The smallest absolute Gasteiger partial charge is 0.328 e. The standard InChI is InChI=1S/C13H13ClO4/c14-11-7-9(2-4-13(15)16)1-3-12(11)18-10-5-6-17-8-10/h1-4,7,10H,5-6,8H2,(H,15,16). The van der Waals surface area contributed by atoms with Crippen LogP contribution in [0.3, 0.4) is 0 Å². The first-order chi connectivity index (χ1) is 8.65. The highest BCUT2D eigenvalue weighted by molar-refractivity contribution is 6.32. The topological polar surface area (TPSA) is 55.8 Å². The molecule has 0 radical (unpaired) electrons. The number of carbonyl (C=O) groups is 1. The third kappa shape index (κ3) is 3.48. The van der Waals surface area contributed by atoms with Crippen LogP contribution < -0.4 is 4.74 Å². The number of benzene rings is 1. The van der Waals surface area contributed by atoms with Gasteiger partial charge in [0.1, 0.15) is 11.9 Å². The summed E-state index contributed by atoms with van der Waals surface area (Å²) in [7, 11) is 0. The Morgan fingerprint density at radius 1 is 1.56 bits per heavy atom. The van der Waals surface area contributed by atoms with E-state index in [1.54, 1.807) is 18.2 Å². The lowest BCUT2D eigenvalue weighted by atomic mass is 10.2. The SMILES string of the molecule is O=C(O)C=Cc1ccc(OC2CCOC2)c(Cl)c1. The second kappa shape index (κ2) is 5.89. The molecule has 1 saturated heterocycles. The predicted molar refractivity (Wildman–Crippen MR) is 68.0 cm³/mol. The Morgan fingerprint density at radius 3 is 3.00 bits per heavy atom. The van der Waals surface area contributed by atoms with Gasteiger partial charge in [0.25, 0.3) is 0 Å². The second-order valence-corrected chi connectivity index (χ2v) is 4.37. The van der Waals surface area contributed by atoms with Gasteiger partial charge in [0.2, 0.25) is 0 Å². The average Bonchev–Trinajstić information content (AvgIpc) is 2.82. The molecule has 0 aromatic heterocycles. The van der Waals surface area contributed by atoms with Crippen LogP contribution in [-0.2, 0) is 9.53 Å². The van der Waals surface area contributed by atoms with Crippen molar-refractivity contribution in [2.24, 2.45) is 0 Å². The molecule has 1 fully saturated rings. The van der Waals surface area contributed by atoms with Crippen LogP contribution in [0.15, 0.2) is 24.3 Å². The van der Waals surface area contributed by atoms with Crippen LogP contribution >= 0.6 is 11.6 Å². The fourth-order valence-electron chi connectivity index (χ4n) is 1.67. The summed E-state index contributed by atoms with van der Waals surface area (Å²) in [4.78, 5) is 10.4. The molecule has 1 aromatic rings. The van der Waals surface area contributed by atoms with Crippen LogP contribution in [0.25, 0.3) is 6.08 Å². The molecule has 5 heteroatoms. The van der Waals surface area contributed by atoms with E-state index in [1.807, 2.05) is 0 Å². The molecule has 1 N–H and O–H groups in total. The Balaban J connectivity index is 2.06. The molecular weight excluding hydrogens is 256 g/mol. The first-order valence-corrected chi connectivity index (χ1v) is 5.98. The van der Waals surface area contributed by atoms with Crippen molar-refractivity contribution in [2.45, 2.75) is 12.5 Å². The van der Waals surface area contributed by atoms with E-state index in [0.29, 0.717) is 24.0 Å². The Morgan fingerprint density at radius 2 is 2.39 bits per heavy atom. The van der Waals surface area contributed by atoms with Gasteiger partial charge in [-0.1, -0.05) is 17.7 Å². The van der Waals surface area contributed by atoms with E-state index < -0.39 is 5.97 Å². The largest absolute Gasteiger partial charge is 0.486 e. The van der Waals surface area contributed by atoms with Crippen molar-refractivity contribution in [1.82, 2.24) is 0 Å².